The molecule has 1 amide bonds. The van der Waals surface area contributed by atoms with Crippen molar-refractivity contribution < 1.29 is 4.79 Å². The smallest absolute Gasteiger partial charge is 0.221 e. The number of carbonyl (C=O) groups excluding carboxylic acids is 1. The molecule has 0 spiro atoms. The van der Waals surface area contributed by atoms with E-state index in [0.29, 0.717) is 0 Å². The molecule has 1 heterocycles. The van der Waals surface area contributed by atoms with Crippen LogP contribution in [0.2, 0.25) is 0 Å². The standard InChI is InChI=1S/C30H35N3O/c1-21-18-22(2)20-25(19-21)30-28(27-9-4-5-10-29(27)33-30)15-17-31-16-7-6-8-24-11-13-26(14-12-24)32-23(3)34/h4-5,9-14,18-20,31,33H,6-8,15-17H2,1-3H3,(H,32,34). The molecule has 3 N–H and O–H groups in total. The van der Waals surface area contributed by atoms with Crippen LogP contribution in [0, 0.1) is 13.8 Å². The molecule has 4 rings (SSSR count). The zero-order valence-electron chi connectivity index (χ0n) is 20.5. The first-order valence-corrected chi connectivity index (χ1v) is 12.2. The van der Waals surface area contributed by atoms with Crippen molar-refractivity contribution in [3.05, 3.63) is 89.0 Å². The third kappa shape index (κ3) is 6.15. The molecule has 34 heavy (non-hydrogen) atoms. The van der Waals surface area contributed by atoms with Gasteiger partial charge in [0.05, 0.1) is 0 Å². The van der Waals surface area contributed by atoms with E-state index in [4.69, 9.17) is 0 Å². The molecule has 0 radical (unpaired) electrons. The molecule has 0 aliphatic heterocycles. The normalized spacial score (nSPS) is 11.1. The van der Waals surface area contributed by atoms with E-state index in [0.717, 1.165) is 44.5 Å². The molecule has 3 aromatic carbocycles. The fourth-order valence-corrected chi connectivity index (χ4v) is 4.70. The number of hydrogen-bond donors (Lipinski definition) is 3. The minimum absolute atomic E-state index is 0.0347. The van der Waals surface area contributed by atoms with Gasteiger partial charge in [0.2, 0.25) is 5.91 Å². The number of amides is 1. The number of aryl methyl sites for hydroxylation is 3. The molecule has 4 heteroatoms. The number of H-pyrrole nitrogens is 1. The van der Waals surface area contributed by atoms with Crippen molar-refractivity contribution in [3.8, 4) is 11.3 Å². The van der Waals surface area contributed by atoms with Gasteiger partial charge in [-0.1, -0.05) is 47.5 Å². The molecule has 176 valence electrons. The van der Waals surface area contributed by atoms with Crippen molar-refractivity contribution in [2.24, 2.45) is 0 Å². The van der Waals surface area contributed by atoms with Gasteiger partial charge >= 0.3 is 0 Å². The van der Waals surface area contributed by atoms with Gasteiger partial charge in [-0.05, 0) is 99.6 Å². The van der Waals surface area contributed by atoms with E-state index in [1.54, 1.807) is 0 Å². The lowest BCUT2D eigenvalue weighted by Gasteiger charge is -2.09. The van der Waals surface area contributed by atoms with E-state index in [2.05, 4.69) is 84.1 Å². The lowest BCUT2D eigenvalue weighted by molar-refractivity contribution is -0.114. The zero-order chi connectivity index (χ0) is 23.9. The lowest BCUT2D eigenvalue weighted by atomic mass is 9.99. The Bertz CT molecular complexity index is 1230. The molecule has 0 saturated heterocycles. The molecule has 0 aliphatic rings. The maximum Gasteiger partial charge on any atom is 0.221 e. The van der Waals surface area contributed by atoms with Crippen LogP contribution in [0.4, 0.5) is 5.69 Å². The van der Waals surface area contributed by atoms with Crippen LogP contribution < -0.4 is 10.6 Å². The Kier molecular flexibility index (Phi) is 7.81. The van der Waals surface area contributed by atoms with E-state index in [1.165, 1.54) is 51.3 Å². The Morgan fingerprint density at radius 3 is 2.32 bits per heavy atom. The topological polar surface area (TPSA) is 56.9 Å². The number of fused-ring (bicyclic) bond motifs is 1. The second-order valence-electron chi connectivity index (χ2n) is 9.24. The molecule has 0 saturated carbocycles. The van der Waals surface area contributed by atoms with Crippen LogP contribution in [0.5, 0.6) is 0 Å². The van der Waals surface area contributed by atoms with Crippen LogP contribution in [0.15, 0.2) is 66.7 Å². The van der Waals surface area contributed by atoms with E-state index in [-0.39, 0.29) is 5.91 Å². The summed E-state index contributed by atoms with van der Waals surface area (Å²) in [5.41, 5.74) is 9.88. The molecule has 0 fully saturated rings. The molecule has 4 aromatic rings. The highest BCUT2D eigenvalue weighted by molar-refractivity contribution is 5.91. The Hall–Kier alpha value is -3.37. The Labute approximate surface area is 202 Å². The van der Waals surface area contributed by atoms with Gasteiger partial charge in [-0.3, -0.25) is 4.79 Å². The van der Waals surface area contributed by atoms with Crippen LogP contribution in [-0.2, 0) is 17.6 Å². The number of carbonyl (C=O) groups is 1. The first-order valence-electron chi connectivity index (χ1n) is 12.2. The number of rotatable bonds is 10. The van der Waals surface area contributed by atoms with Crippen LogP contribution in [0.1, 0.15) is 42.0 Å². The third-order valence-corrected chi connectivity index (χ3v) is 6.22. The Morgan fingerprint density at radius 2 is 1.59 bits per heavy atom. The average molecular weight is 454 g/mol. The fraction of sp³-hybridized carbons (Fsp3) is 0.300. The highest BCUT2D eigenvalue weighted by Crippen LogP contribution is 2.31. The number of aromatic amines is 1. The van der Waals surface area contributed by atoms with Crippen molar-refractivity contribution in [1.82, 2.24) is 10.3 Å². The molecule has 0 unspecified atom stereocenters. The Morgan fingerprint density at radius 1 is 0.853 bits per heavy atom. The number of aromatic nitrogens is 1. The summed E-state index contributed by atoms with van der Waals surface area (Å²) in [7, 11) is 0. The first-order chi connectivity index (χ1) is 16.5. The number of hydrogen-bond acceptors (Lipinski definition) is 2. The summed E-state index contributed by atoms with van der Waals surface area (Å²) >= 11 is 0. The van der Waals surface area contributed by atoms with Crippen molar-refractivity contribution in [3.63, 3.8) is 0 Å². The van der Waals surface area contributed by atoms with Gasteiger partial charge < -0.3 is 15.6 Å². The van der Waals surface area contributed by atoms with Gasteiger partial charge in [-0.15, -0.1) is 0 Å². The monoisotopic (exact) mass is 453 g/mol. The van der Waals surface area contributed by atoms with Crippen molar-refractivity contribution in [2.75, 3.05) is 18.4 Å². The van der Waals surface area contributed by atoms with Crippen LogP contribution >= 0.6 is 0 Å². The zero-order valence-corrected chi connectivity index (χ0v) is 20.5. The second-order valence-corrected chi connectivity index (χ2v) is 9.24. The first kappa shape index (κ1) is 23.8. The quantitative estimate of drug-likeness (QED) is 0.238. The molecular weight excluding hydrogens is 418 g/mol. The van der Waals surface area contributed by atoms with Crippen molar-refractivity contribution in [2.45, 2.75) is 46.5 Å². The van der Waals surface area contributed by atoms with Crippen LogP contribution in [0.3, 0.4) is 0 Å². The van der Waals surface area contributed by atoms with Gasteiger partial charge in [0, 0.05) is 29.2 Å². The number of benzene rings is 3. The second kappa shape index (κ2) is 11.2. The number of nitrogens with one attached hydrogen (secondary N) is 3. The molecule has 0 aliphatic carbocycles. The summed E-state index contributed by atoms with van der Waals surface area (Å²) in [6.07, 6.45) is 4.34. The molecular formula is C30H35N3O. The van der Waals surface area contributed by atoms with Crippen molar-refractivity contribution >= 4 is 22.5 Å². The highest BCUT2D eigenvalue weighted by Gasteiger charge is 2.13. The summed E-state index contributed by atoms with van der Waals surface area (Å²) < 4.78 is 0. The van der Waals surface area contributed by atoms with Crippen molar-refractivity contribution in [1.29, 1.82) is 0 Å². The van der Waals surface area contributed by atoms with E-state index in [1.807, 2.05) is 12.1 Å². The van der Waals surface area contributed by atoms with Gasteiger partial charge in [-0.2, -0.15) is 0 Å². The van der Waals surface area contributed by atoms with Crippen LogP contribution in [0.25, 0.3) is 22.2 Å². The fourth-order valence-electron chi connectivity index (χ4n) is 4.70. The van der Waals surface area contributed by atoms with Gasteiger partial charge in [0.25, 0.3) is 0 Å². The van der Waals surface area contributed by atoms with E-state index < -0.39 is 0 Å². The number of para-hydroxylation sites is 1. The lowest BCUT2D eigenvalue weighted by Crippen LogP contribution is -2.18. The number of anilines is 1. The van der Waals surface area contributed by atoms with Gasteiger partial charge in [-0.25, -0.2) is 0 Å². The summed E-state index contributed by atoms with van der Waals surface area (Å²) in [6, 6.07) is 23.5. The molecule has 4 nitrogen and oxygen atoms in total. The SMILES string of the molecule is CC(=O)Nc1ccc(CCCCNCCc2c(-c3cc(C)cc(C)c3)[nH]c3ccccc23)cc1. The molecule has 0 bridgehead atoms. The summed E-state index contributed by atoms with van der Waals surface area (Å²) in [6.45, 7) is 7.84. The van der Waals surface area contributed by atoms with Crippen LogP contribution in [-0.4, -0.2) is 24.0 Å². The summed E-state index contributed by atoms with van der Waals surface area (Å²) in [5.74, 6) is -0.0347. The van der Waals surface area contributed by atoms with Gasteiger partial charge in [0.15, 0.2) is 0 Å². The number of unbranched alkanes of at least 4 members (excludes halogenated alkanes) is 1. The third-order valence-electron chi connectivity index (χ3n) is 6.22. The van der Waals surface area contributed by atoms with Gasteiger partial charge in [0.1, 0.15) is 0 Å². The highest BCUT2D eigenvalue weighted by atomic mass is 16.1. The largest absolute Gasteiger partial charge is 0.354 e. The predicted molar refractivity (Wildman–Crippen MR) is 143 cm³/mol. The predicted octanol–water partition coefficient (Wildman–Crippen LogP) is 6.57. The average Bonchev–Trinajstić information content (AvgIpc) is 3.17. The molecule has 0 atom stereocenters. The minimum atomic E-state index is -0.0347. The van der Waals surface area contributed by atoms with E-state index >= 15 is 0 Å². The maximum atomic E-state index is 11.1. The molecule has 1 aromatic heterocycles. The Balaban J connectivity index is 1.30. The summed E-state index contributed by atoms with van der Waals surface area (Å²) in [5, 5.41) is 7.78. The maximum absolute atomic E-state index is 11.1. The van der Waals surface area contributed by atoms with E-state index in [9.17, 15) is 4.79 Å². The summed E-state index contributed by atoms with van der Waals surface area (Å²) in [4.78, 5) is 14.8. The minimum Gasteiger partial charge on any atom is -0.354 e.